The van der Waals surface area contributed by atoms with E-state index in [4.69, 9.17) is 5.73 Å². The largest absolute Gasteiger partial charge is 0.397 e. The molecule has 0 saturated carbocycles. The Morgan fingerprint density at radius 1 is 1.35 bits per heavy atom. The number of anilines is 1. The molecule has 1 aromatic carbocycles. The van der Waals surface area contributed by atoms with Crippen LogP contribution in [0.2, 0.25) is 0 Å². The number of rotatable bonds is 5. The summed E-state index contributed by atoms with van der Waals surface area (Å²) >= 11 is 0. The molecule has 3 N–H and O–H groups in total. The third-order valence-electron chi connectivity index (χ3n) is 3.10. The van der Waals surface area contributed by atoms with Gasteiger partial charge in [0.25, 0.3) is 5.91 Å². The Labute approximate surface area is 117 Å². The van der Waals surface area contributed by atoms with E-state index >= 15 is 0 Å². The van der Waals surface area contributed by atoms with E-state index in [1.165, 1.54) is 12.1 Å². The fourth-order valence-corrected chi connectivity index (χ4v) is 2.05. The van der Waals surface area contributed by atoms with Crippen LogP contribution in [0.25, 0.3) is 0 Å². The number of nitrogens with zero attached hydrogens (tertiary/aromatic N) is 1. The number of hydrogen-bond donors (Lipinski definition) is 2. The fourth-order valence-electron chi connectivity index (χ4n) is 2.05. The lowest BCUT2D eigenvalue weighted by Crippen LogP contribution is -2.27. The zero-order valence-electron chi connectivity index (χ0n) is 11.4. The number of aryl methyl sites for hydroxylation is 1. The first-order valence-corrected chi connectivity index (χ1v) is 6.58. The van der Waals surface area contributed by atoms with Gasteiger partial charge >= 0.3 is 0 Å². The van der Waals surface area contributed by atoms with Crippen molar-refractivity contribution in [2.24, 2.45) is 0 Å². The van der Waals surface area contributed by atoms with Gasteiger partial charge in [-0.15, -0.1) is 0 Å². The fraction of sp³-hybridized carbons (Fsp3) is 0.267. The molecule has 106 valence electrons. The van der Waals surface area contributed by atoms with E-state index in [1.54, 1.807) is 24.4 Å². The zero-order valence-corrected chi connectivity index (χ0v) is 11.4. The van der Waals surface area contributed by atoms with Crippen LogP contribution >= 0.6 is 0 Å². The quantitative estimate of drug-likeness (QED) is 0.879. The number of hydrogen-bond acceptors (Lipinski definition) is 2. The van der Waals surface area contributed by atoms with Gasteiger partial charge in [-0.3, -0.25) is 4.79 Å². The van der Waals surface area contributed by atoms with E-state index in [9.17, 15) is 9.18 Å². The number of halogens is 1. The van der Waals surface area contributed by atoms with Crippen LogP contribution in [-0.2, 0) is 13.0 Å². The van der Waals surface area contributed by atoms with Crippen LogP contribution < -0.4 is 11.1 Å². The van der Waals surface area contributed by atoms with Crippen LogP contribution in [0.5, 0.6) is 0 Å². The molecule has 0 aliphatic rings. The molecule has 0 atom stereocenters. The third kappa shape index (κ3) is 3.38. The second-order valence-corrected chi connectivity index (χ2v) is 4.58. The summed E-state index contributed by atoms with van der Waals surface area (Å²) in [6.07, 6.45) is 2.41. The summed E-state index contributed by atoms with van der Waals surface area (Å²) < 4.78 is 14.6. The van der Waals surface area contributed by atoms with E-state index < -0.39 is 0 Å². The van der Waals surface area contributed by atoms with E-state index in [0.717, 1.165) is 5.56 Å². The average Bonchev–Trinajstić information content (AvgIpc) is 2.82. The Bertz CT molecular complexity index is 590. The van der Waals surface area contributed by atoms with Gasteiger partial charge in [-0.1, -0.05) is 12.1 Å². The molecule has 0 spiro atoms. The molecular weight excluding hydrogens is 257 g/mol. The predicted octanol–water partition coefficient (Wildman–Crippen LogP) is 2.20. The second-order valence-electron chi connectivity index (χ2n) is 4.58. The smallest absolute Gasteiger partial charge is 0.267 e. The van der Waals surface area contributed by atoms with Gasteiger partial charge in [0.05, 0.1) is 5.69 Å². The third-order valence-corrected chi connectivity index (χ3v) is 3.10. The molecule has 0 aliphatic heterocycles. The van der Waals surface area contributed by atoms with Crippen molar-refractivity contribution in [2.45, 2.75) is 19.9 Å². The summed E-state index contributed by atoms with van der Waals surface area (Å²) in [5.41, 5.74) is 7.81. The first-order valence-electron chi connectivity index (χ1n) is 6.58. The number of carbonyl (C=O) groups excluding carboxylic acids is 1. The van der Waals surface area contributed by atoms with E-state index in [-0.39, 0.29) is 11.7 Å². The van der Waals surface area contributed by atoms with Crippen LogP contribution in [0.1, 0.15) is 23.0 Å². The normalized spacial score (nSPS) is 10.5. The molecule has 20 heavy (non-hydrogen) atoms. The molecule has 2 rings (SSSR count). The van der Waals surface area contributed by atoms with E-state index in [2.05, 4.69) is 5.32 Å². The molecule has 0 fully saturated rings. The van der Waals surface area contributed by atoms with Crippen molar-refractivity contribution in [3.8, 4) is 0 Å². The lowest BCUT2D eigenvalue weighted by atomic mass is 10.1. The van der Waals surface area contributed by atoms with E-state index in [0.29, 0.717) is 30.9 Å². The molecule has 0 saturated heterocycles. The number of nitrogen functional groups attached to an aromatic ring is 1. The number of nitrogens with one attached hydrogen (secondary N) is 1. The van der Waals surface area contributed by atoms with Gasteiger partial charge < -0.3 is 15.6 Å². The maximum Gasteiger partial charge on any atom is 0.267 e. The molecule has 1 heterocycles. The Morgan fingerprint density at radius 3 is 2.70 bits per heavy atom. The number of aromatic nitrogens is 1. The summed E-state index contributed by atoms with van der Waals surface area (Å²) in [5.74, 6) is -0.403. The van der Waals surface area contributed by atoms with Crippen LogP contribution in [0.15, 0.2) is 36.5 Å². The highest BCUT2D eigenvalue weighted by atomic mass is 19.1. The van der Waals surface area contributed by atoms with E-state index in [1.807, 2.05) is 11.5 Å². The first-order chi connectivity index (χ1) is 9.60. The first kappa shape index (κ1) is 14.1. The topological polar surface area (TPSA) is 60.0 Å². The minimum absolute atomic E-state index is 0.148. The van der Waals surface area contributed by atoms with Crippen LogP contribution in [0.3, 0.4) is 0 Å². The van der Waals surface area contributed by atoms with Gasteiger partial charge in [0.1, 0.15) is 11.5 Å². The maximum atomic E-state index is 12.8. The number of carbonyl (C=O) groups is 1. The van der Waals surface area contributed by atoms with Crippen molar-refractivity contribution in [1.82, 2.24) is 9.88 Å². The monoisotopic (exact) mass is 275 g/mol. The molecule has 1 aromatic heterocycles. The summed E-state index contributed by atoms with van der Waals surface area (Å²) in [6.45, 7) is 3.14. The zero-order chi connectivity index (χ0) is 14.5. The number of amides is 1. The molecule has 2 aromatic rings. The number of nitrogens with two attached hydrogens (primary N) is 1. The Balaban J connectivity index is 1.90. The van der Waals surface area contributed by atoms with Crippen LogP contribution in [0.4, 0.5) is 10.1 Å². The van der Waals surface area contributed by atoms with Gasteiger partial charge in [-0.2, -0.15) is 0 Å². The van der Waals surface area contributed by atoms with Crippen LogP contribution in [0, 0.1) is 5.82 Å². The van der Waals surface area contributed by atoms with Gasteiger partial charge in [0.15, 0.2) is 0 Å². The SMILES string of the molecule is CCn1cc(N)cc1C(=O)NCCc1ccc(F)cc1. The molecule has 1 amide bonds. The second kappa shape index (κ2) is 6.23. The lowest BCUT2D eigenvalue weighted by Gasteiger charge is -2.07. The van der Waals surface area contributed by atoms with Gasteiger partial charge in [-0.25, -0.2) is 4.39 Å². The van der Waals surface area contributed by atoms with Crippen molar-refractivity contribution < 1.29 is 9.18 Å². The highest BCUT2D eigenvalue weighted by Crippen LogP contribution is 2.10. The highest BCUT2D eigenvalue weighted by molar-refractivity contribution is 5.93. The van der Waals surface area contributed by atoms with Crippen molar-refractivity contribution in [3.63, 3.8) is 0 Å². The van der Waals surface area contributed by atoms with Crippen molar-refractivity contribution >= 4 is 11.6 Å². The summed E-state index contributed by atoms with van der Waals surface area (Å²) in [4.78, 5) is 12.0. The van der Waals surface area contributed by atoms with Gasteiger partial charge in [-0.05, 0) is 37.1 Å². The molecule has 0 bridgehead atoms. The Hall–Kier alpha value is -2.30. The van der Waals surface area contributed by atoms with Crippen LogP contribution in [-0.4, -0.2) is 17.0 Å². The molecule has 4 nitrogen and oxygen atoms in total. The maximum absolute atomic E-state index is 12.8. The van der Waals surface area contributed by atoms with Crippen molar-refractivity contribution in [3.05, 3.63) is 53.6 Å². The molecule has 0 unspecified atom stereocenters. The highest BCUT2D eigenvalue weighted by Gasteiger charge is 2.11. The standard InChI is InChI=1S/C15H18FN3O/c1-2-19-10-13(17)9-14(19)15(20)18-8-7-11-3-5-12(16)6-4-11/h3-6,9-10H,2,7-8,17H2,1H3,(H,18,20). The molecular formula is C15H18FN3O. The molecule has 5 heteroatoms. The van der Waals surface area contributed by atoms with Crippen molar-refractivity contribution in [1.29, 1.82) is 0 Å². The van der Waals surface area contributed by atoms with Gasteiger partial charge in [0, 0.05) is 19.3 Å². The minimum Gasteiger partial charge on any atom is -0.397 e. The minimum atomic E-state index is -0.256. The predicted molar refractivity (Wildman–Crippen MR) is 77.0 cm³/mol. The number of benzene rings is 1. The van der Waals surface area contributed by atoms with Crippen molar-refractivity contribution in [2.75, 3.05) is 12.3 Å². The summed E-state index contributed by atoms with van der Waals surface area (Å²) in [6, 6.07) is 7.93. The average molecular weight is 275 g/mol. The molecule has 0 radical (unpaired) electrons. The summed E-state index contributed by atoms with van der Waals surface area (Å²) in [5, 5.41) is 2.84. The Kier molecular flexibility index (Phi) is 4.40. The Morgan fingerprint density at radius 2 is 2.05 bits per heavy atom. The molecule has 0 aliphatic carbocycles. The summed E-state index contributed by atoms with van der Waals surface area (Å²) in [7, 11) is 0. The van der Waals surface area contributed by atoms with Gasteiger partial charge in [0.2, 0.25) is 0 Å². The lowest BCUT2D eigenvalue weighted by molar-refractivity contribution is 0.0945.